The van der Waals surface area contributed by atoms with Crippen LogP contribution in [0.2, 0.25) is 0 Å². The lowest BCUT2D eigenvalue weighted by molar-refractivity contribution is 0.0696. The Labute approximate surface area is 112 Å². The first-order chi connectivity index (χ1) is 9.16. The van der Waals surface area contributed by atoms with Crippen molar-refractivity contribution in [3.63, 3.8) is 0 Å². The second-order valence-corrected chi connectivity index (χ2v) is 4.34. The van der Waals surface area contributed by atoms with Crippen molar-refractivity contribution < 1.29 is 9.90 Å². The van der Waals surface area contributed by atoms with Gasteiger partial charge in [-0.1, -0.05) is 24.3 Å². The number of anilines is 1. The molecule has 0 bridgehead atoms. The summed E-state index contributed by atoms with van der Waals surface area (Å²) >= 11 is 0. The molecule has 1 aromatic carbocycles. The van der Waals surface area contributed by atoms with Gasteiger partial charge in [-0.25, -0.2) is 9.78 Å². The zero-order valence-electron chi connectivity index (χ0n) is 10.8. The number of rotatable bonds is 5. The highest BCUT2D eigenvalue weighted by atomic mass is 16.4. The molecule has 0 saturated carbocycles. The molecular formula is C15H16N2O2. The number of aryl methyl sites for hydroxylation is 1. The molecule has 4 nitrogen and oxygen atoms in total. The maximum Gasteiger partial charge on any atom is 0.337 e. The summed E-state index contributed by atoms with van der Waals surface area (Å²) in [5.41, 5.74) is 2.78. The number of nitrogens with zero attached hydrogens (tertiary/aromatic N) is 1. The molecule has 2 N–H and O–H groups in total. The van der Waals surface area contributed by atoms with Gasteiger partial charge < -0.3 is 10.4 Å². The van der Waals surface area contributed by atoms with E-state index in [0.29, 0.717) is 5.82 Å². The zero-order chi connectivity index (χ0) is 13.7. The van der Waals surface area contributed by atoms with Crippen molar-refractivity contribution >= 4 is 11.8 Å². The average molecular weight is 256 g/mol. The van der Waals surface area contributed by atoms with E-state index in [1.165, 1.54) is 17.3 Å². The number of carbonyl (C=O) groups is 1. The van der Waals surface area contributed by atoms with Crippen molar-refractivity contribution in [1.82, 2.24) is 4.98 Å². The lowest BCUT2D eigenvalue weighted by Gasteiger charge is -2.07. The molecule has 0 radical (unpaired) electrons. The maximum absolute atomic E-state index is 10.7. The Morgan fingerprint density at radius 3 is 2.68 bits per heavy atom. The molecule has 0 unspecified atom stereocenters. The molecule has 0 spiro atoms. The fourth-order valence-corrected chi connectivity index (χ4v) is 1.84. The third kappa shape index (κ3) is 3.55. The lowest BCUT2D eigenvalue weighted by atomic mass is 10.1. The standard InChI is InChI=1S/C15H16N2O2/c1-11-4-2-3-5-12(11)8-9-16-14-7-6-13(10-17-14)15(18)19/h2-7,10H,8-9H2,1H3,(H,16,17)(H,18,19). The van der Waals surface area contributed by atoms with Crippen molar-refractivity contribution in [2.24, 2.45) is 0 Å². The molecule has 19 heavy (non-hydrogen) atoms. The first-order valence-corrected chi connectivity index (χ1v) is 6.14. The summed E-state index contributed by atoms with van der Waals surface area (Å²) in [7, 11) is 0. The first kappa shape index (κ1) is 13.1. The summed E-state index contributed by atoms with van der Waals surface area (Å²) in [6.07, 6.45) is 2.27. The van der Waals surface area contributed by atoms with Crippen molar-refractivity contribution in [1.29, 1.82) is 0 Å². The first-order valence-electron chi connectivity index (χ1n) is 6.14. The van der Waals surface area contributed by atoms with Gasteiger partial charge in [-0.15, -0.1) is 0 Å². The van der Waals surface area contributed by atoms with Crippen molar-refractivity contribution in [2.75, 3.05) is 11.9 Å². The van der Waals surface area contributed by atoms with E-state index < -0.39 is 5.97 Å². The molecule has 0 aliphatic heterocycles. The van der Waals surface area contributed by atoms with Gasteiger partial charge in [0.2, 0.25) is 0 Å². The molecule has 0 fully saturated rings. The third-order valence-electron chi connectivity index (χ3n) is 2.97. The summed E-state index contributed by atoms with van der Waals surface area (Å²) in [6, 6.07) is 11.5. The molecule has 2 rings (SSSR count). The molecule has 0 amide bonds. The van der Waals surface area contributed by atoms with Crippen LogP contribution in [-0.2, 0) is 6.42 Å². The van der Waals surface area contributed by atoms with E-state index in [1.807, 2.05) is 12.1 Å². The summed E-state index contributed by atoms with van der Waals surface area (Å²) in [4.78, 5) is 14.7. The number of nitrogens with one attached hydrogen (secondary N) is 1. The van der Waals surface area contributed by atoms with Crippen molar-refractivity contribution in [2.45, 2.75) is 13.3 Å². The van der Waals surface area contributed by atoms with Gasteiger partial charge in [-0.2, -0.15) is 0 Å². The van der Waals surface area contributed by atoms with Crippen LogP contribution in [0.25, 0.3) is 0 Å². The van der Waals surface area contributed by atoms with Crippen LogP contribution in [0.3, 0.4) is 0 Å². The minimum atomic E-state index is -0.959. The Bertz CT molecular complexity index is 565. The average Bonchev–Trinajstić information content (AvgIpc) is 2.41. The van der Waals surface area contributed by atoms with Crippen LogP contribution in [-0.4, -0.2) is 22.6 Å². The number of aromatic carboxylic acids is 1. The molecule has 4 heteroatoms. The van der Waals surface area contributed by atoms with Crippen LogP contribution < -0.4 is 5.32 Å². The van der Waals surface area contributed by atoms with Crippen molar-refractivity contribution in [3.8, 4) is 0 Å². The number of hydrogen-bond donors (Lipinski definition) is 2. The zero-order valence-corrected chi connectivity index (χ0v) is 10.8. The van der Waals surface area contributed by atoms with E-state index in [9.17, 15) is 4.79 Å². The molecular weight excluding hydrogens is 240 g/mol. The predicted molar refractivity (Wildman–Crippen MR) is 74.6 cm³/mol. The summed E-state index contributed by atoms with van der Waals surface area (Å²) in [5.74, 6) is -0.266. The summed E-state index contributed by atoms with van der Waals surface area (Å²) in [5, 5.41) is 12.0. The van der Waals surface area contributed by atoms with Gasteiger partial charge in [-0.05, 0) is 36.6 Å². The summed E-state index contributed by atoms with van der Waals surface area (Å²) in [6.45, 7) is 2.86. The normalized spacial score (nSPS) is 10.2. The largest absolute Gasteiger partial charge is 0.478 e. The van der Waals surface area contributed by atoms with Gasteiger partial charge in [0.25, 0.3) is 0 Å². The van der Waals surface area contributed by atoms with E-state index in [-0.39, 0.29) is 5.56 Å². The molecule has 0 saturated heterocycles. The SMILES string of the molecule is Cc1ccccc1CCNc1ccc(C(=O)O)cn1. The van der Waals surface area contributed by atoms with Gasteiger partial charge in [0.05, 0.1) is 5.56 Å². The molecule has 1 aromatic heterocycles. The smallest absolute Gasteiger partial charge is 0.337 e. The highest BCUT2D eigenvalue weighted by molar-refractivity contribution is 5.87. The number of carboxylic acids is 1. The number of benzene rings is 1. The molecule has 1 heterocycles. The monoisotopic (exact) mass is 256 g/mol. The van der Waals surface area contributed by atoms with E-state index in [1.54, 1.807) is 12.1 Å². The van der Waals surface area contributed by atoms with E-state index in [2.05, 4.69) is 29.4 Å². The minimum Gasteiger partial charge on any atom is -0.478 e. The van der Waals surface area contributed by atoms with Gasteiger partial charge in [0.15, 0.2) is 0 Å². The fraction of sp³-hybridized carbons (Fsp3) is 0.200. The highest BCUT2D eigenvalue weighted by Gasteiger charge is 2.02. The van der Waals surface area contributed by atoms with Crippen LogP contribution in [0.4, 0.5) is 5.82 Å². The van der Waals surface area contributed by atoms with Crippen molar-refractivity contribution in [3.05, 3.63) is 59.3 Å². The van der Waals surface area contributed by atoms with Gasteiger partial charge in [-0.3, -0.25) is 0 Å². The Kier molecular flexibility index (Phi) is 4.13. The second kappa shape index (κ2) is 6.00. The van der Waals surface area contributed by atoms with Gasteiger partial charge in [0, 0.05) is 12.7 Å². The van der Waals surface area contributed by atoms with E-state index >= 15 is 0 Å². The van der Waals surface area contributed by atoms with Crippen LogP contribution >= 0.6 is 0 Å². The topological polar surface area (TPSA) is 62.2 Å². The van der Waals surface area contributed by atoms with Crippen LogP contribution in [0, 0.1) is 6.92 Å². The Hall–Kier alpha value is -2.36. The van der Waals surface area contributed by atoms with Crippen LogP contribution in [0.1, 0.15) is 21.5 Å². The molecule has 0 atom stereocenters. The second-order valence-electron chi connectivity index (χ2n) is 4.34. The Morgan fingerprint density at radius 2 is 2.05 bits per heavy atom. The Morgan fingerprint density at radius 1 is 1.26 bits per heavy atom. The molecule has 2 aromatic rings. The van der Waals surface area contributed by atoms with Gasteiger partial charge in [0.1, 0.15) is 5.82 Å². The number of pyridine rings is 1. The molecule has 0 aliphatic carbocycles. The van der Waals surface area contributed by atoms with Crippen LogP contribution in [0.15, 0.2) is 42.6 Å². The van der Waals surface area contributed by atoms with Crippen LogP contribution in [0.5, 0.6) is 0 Å². The molecule has 98 valence electrons. The Balaban J connectivity index is 1.89. The number of hydrogen-bond acceptors (Lipinski definition) is 3. The van der Waals surface area contributed by atoms with E-state index in [0.717, 1.165) is 13.0 Å². The predicted octanol–water partition coefficient (Wildman–Crippen LogP) is 2.74. The third-order valence-corrected chi connectivity index (χ3v) is 2.97. The minimum absolute atomic E-state index is 0.199. The number of aromatic nitrogens is 1. The van der Waals surface area contributed by atoms with E-state index in [4.69, 9.17) is 5.11 Å². The highest BCUT2D eigenvalue weighted by Crippen LogP contribution is 2.09. The summed E-state index contributed by atoms with van der Waals surface area (Å²) < 4.78 is 0. The lowest BCUT2D eigenvalue weighted by Crippen LogP contribution is -2.07. The molecule has 0 aliphatic rings. The number of carboxylic acid groups (broad SMARTS) is 1. The fourth-order valence-electron chi connectivity index (χ4n) is 1.84. The quantitative estimate of drug-likeness (QED) is 0.863. The maximum atomic E-state index is 10.7. The van der Waals surface area contributed by atoms with Gasteiger partial charge >= 0.3 is 5.97 Å².